The molecule has 2 rings (SSSR count). The van der Waals surface area contributed by atoms with Gasteiger partial charge in [-0.2, -0.15) is 0 Å². The number of carbonyl (C=O) groups excluding carboxylic acids is 1. The number of carbonyl (C=O) groups is 2. The number of fused-ring (bicyclic) bond motifs is 1. The van der Waals surface area contributed by atoms with Gasteiger partial charge >= 0.3 is 12.1 Å². The van der Waals surface area contributed by atoms with Crippen LogP contribution in [0.3, 0.4) is 0 Å². The van der Waals surface area contributed by atoms with Crippen molar-refractivity contribution >= 4 is 22.8 Å². The quantitative estimate of drug-likeness (QED) is 0.739. The molecule has 0 aliphatic rings. The van der Waals surface area contributed by atoms with Crippen molar-refractivity contribution in [3.63, 3.8) is 0 Å². The summed E-state index contributed by atoms with van der Waals surface area (Å²) in [6, 6.07) is 13.7. The van der Waals surface area contributed by atoms with Gasteiger partial charge < -0.3 is 14.7 Å². The Balaban J connectivity index is 2.39. The van der Waals surface area contributed by atoms with Crippen LogP contribution in [0.25, 0.3) is 10.8 Å². The molecule has 1 amide bonds. The first kappa shape index (κ1) is 20.5. The number of carboxylic acid groups (broad SMARTS) is 1. The zero-order valence-corrected chi connectivity index (χ0v) is 16.5. The molecule has 0 aromatic heterocycles. The molecule has 0 aliphatic carbocycles. The van der Waals surface area contributed by atoms with Crippen molar-refractivity contribution in [1.29, 1.82) is 0 Å². The lowest BCUT2D eigenvalue weighted by molar-refractivity contribution is -0.132. The lowest BCUT2D eigenvalue weighted by Gasteiger charge is -2.31. The van der Waals surface area contributed by atoms with E-state index in [-0.39, 0.29) is 11.6 Å². The Morgan fingerprint density at radius 1 is 1.15 bits per heavy atom. The maximum absolute atomic E-state index is 12.6. The molecular weight excluding hydrogens is 342 g/mol. The average Bonchev–Trinajstić information content (AvgIpc) is 2.59. The average molecular weight is 369 g/mol. The Labute approximate surface area is 160 Å². The fourth-order valence-corrected chi connectivity index (χ4v) is 2.77. The van der Waals surface area contributed by atoms with Crippen LogP contribution in [0.4, 0.5) is 4.79 Å². The largest absolute Gasteiger partial charge is 0.478 e. The standard InChI is InChI=1S/C22H27NO4/c1-15(20(24)25)10-13-19(23(5)21(26)27-22(2,3)4)18-12-11-16-8-6-7-9-17(16)14-18/h6-12,14,19H,13H2,1-5H3,(H,24,25). The van der Waals surface area contributed by atoms with Gasteiger partial charge in [-0.3, -0.25) is 0 Å². The second kappa shape index (κ2) is 8.25. The molecule has 0 fully saturated rings. The Morgan fingerprint density at radius 3 is 2.37 bits per heavy atom. The minimum atomic E-state index is -0.966. The third-order valence-corrected chi connectivity index (χ3v) is 4.29. The lowest BCUT2D eigenvalue weighted by Crippen LogP contribution is -2.36. The van der Waals surface area contributed by atoms with Gasteiger partial charge in [0.15, 0.2) is 0 Å². The van der Waals surface area contributed by atoms with Crippen molar-refractivity contribution < 1.29 is 19.4 Å². The Kier molecular flexibility index (Phi) is 6.26. The second-order valence-electron chi connectivity index (χ2n) is 7.64. The van der Waals surface area contributed by atoms with E-state index < -0.39 is 17.7 Å². The monoisotopic (exact) mass is 369 g/mol. The molecule has 2 aromatic rings. The van der Waals surface area contributed by atoms with Crippen LogP contribution in [0, 0.1) is 0 Å². The van der Waals surface area contributed by atoms with Gasteiger partial charge in [-0.25, -0.2) is 9.59 Å². The summed E-state index contributed by atoms with van der Waals surface area (Å²) in [5, 5.41) is 11.3. The first-order valence-electron chi connectivity index (χ1n) is 8.93. The number of benzene rings is 2. The molecule has 0 saturated heterocycles. The number of carboxylic acids is 1. The van der Waals surface area contributed by atoms with Crippen molar-refractivity contribution in [2.24, 2.45) is 0 Å². The molecule has 0 bridgehead atoms. The molecule has 5 nitrogen and oxygen atoms in total. The highest BCUT2D eigenvalue weighted by atomic mass is 16.6. The summed E-state index contributed by atoms with van der Waals surface area (Å²) in [5.41, 5.74) is 0.571. The first-order chi connectivity index (χ1) is 12.6. The Hall–Kier alpha value is -2.82. The SMILES string of the molecule is CC(=CCC(c1ccc2ccccc2c1)N(C)C(=O)OC(C)(C)C)C(=O)O. The van der Waals surface area contributed by atoms with Gasteiger partial charge in [0.05, 0.1) is 6.04 Å². The van der Waals surface area contributed by atoms with Gasteiger partial charge in [0, 0.05) is 12.6 Å². The molecule has 0 saturated carbocycles. The van der Waals surface area contributed by atoms with Crippen LogP contribution < -0.4 is 0 Å². The fourth-order valence-electron chi connectivity index (χ4n) is 2.77. The van der Waals surface area contributed by atoms with Crippen LogP contribution in [0.2, 0.25) is 0 Å². The minimum absolute atomic E-state index is 0.248. The number of ether oxygens (including phenoxy) is 1. The van der Waals surface area contributed by atoms with E-state index >= 15 is 0 Å². The van der Waals surface area contributed by atoms with Crippen LogP contribution in [-0.2, 0) is 9.53 Å². The summed E-state index contributed by atoms with van der Waals surface area (Å²) in [7, 11) is 1.68. The number of aliphatic carboxylic acids is 1. The van der Waals surface area contributed by atoms with E-state index in [2.05, 4.69) is 0 Å². The van der Waals surface area contributed by atoms with Crippen LogP contribution >= 0.6 is 0 Å². The summed E-state index contributed by atoms with van der Waals surface area (Å²) in [4.78, 5) is 25.3. The van der Waals surface area contributed by atoms with Crippen LogP contribution in [-0.4, -0.2) is 34.7 Å². The van der Waals surface area contributed by atoms with Crippen molar-refractivity contribution in [1.82, 2.24) is 4.90 Å². The maximum atomic E-state index is 12.6. The zero-order chi connectivity index (χ0) is 20.2. The third-order valence-electron chi connectivity index (χ3n) is 4.29. The molecular formula is C22H27NO4. The van der Waals surface area contributed by atoms with E-state index in [9.17, 15) is 9.59 Å². The molecule has 1 atom stereocenters. The minimum Gasteiger partial charge on any atom is -0.478 e. The molecule has 2 aromatic carbocycles. The van der Waals surface area contributed by atoms with Gasteiger partial charge in [0.1, 0.15) is 5.60 Å². The molecule has 5 heteroatoms. The lowest BCUT2D eigenvalue weighted by atomic mass is 9.98. The van der Waals surface area contributed by atoms with E-state index in [1.807, 2.05) is 63.2 Å². The highest BCUT2D eigenvalue weighted by Crippen LogP contribution is 2.29. The summed E-state index contributed by atoms with van der Waals surface area (Å²) in [6.07, 6.45) is 1.58. The summed E-state index contributed by atoms with van der Waals surface area (Å²) < 4.78 is 5.49. The number of hydrogen-bond donors (Lipinski definition) is 1. The van der Waals surface area contributed by atoms with E-state index in [1.54, 1.807) is 20.0 Å². The van der Waals surface area contributed by atoms with Gasteiger partial charge in [-0.05, 0) is 56.5 Å². The summed E-state index contributed by atoms with van der Waals surface area (Å²) in [5.74, 6) is -0.966. The predicted octanol–water partition coefficient (Wildman–Crippen LogP) is 5.17. The normalized spacial score (nSPS) is 13.3. The van der Waals surface area contributed by atoms with Crippen molar-refractivity contribution in [2.75, 3.05) is 7.05 Å². The highest BCUT2D eigenvalue weighted by molar-refractivity contribution is 5.86. The highest BCUT2D eigenvalue weighted by Gasteiger charge is 2.26. The smallest absolute Gasteiger partial charge is 0.410 e. The van der Waals surface area contributed by atoms with Gasteiger partial charge in [-0.15, -0.1) is 0 Å². The van der Waals surface area contributed by atoms with E-state index in [1.165, 1.54) is 4.90 Å². The van der Waals surface area contributed by atoms with Crippen LogP contribution in [0.1, 0.15) is 45.7 Å². The molecule has 144 valence electrons. The molecule has 1 N–H and O–H groups in total. The molecule has 27 heavy (non-hydrogen) atoms. The van der Waals surface area contributed by atoms with E-state index in [0.717, 1.165) is 16.3 Å². The van der Waals surface area contributed by atoms with Crippen molar-refractivity contribution in [3.8, 4) is 0 Å². The Bertz CT molecular complexity index is 864. The second-order valence-corrected chi connectivity index (χ2v) is 7.64. The first-order valence-corrected chi connectivity index (χ1v) is 8.93. The van der Waals surface area contributed by atoms with E-state index in [0.29, 0.717) is 6.42 Å². The molecule has 0 radical (unpaired) electrons. The molecule has 1 unspecified atom stereocenters. The van der Waals surface area contributed by atoms with Gasteiger partial charge in [0.2, 0.25) is 0 Å². The molecule has 0 spiro atoms. The third kappa shape index (κ3) is 5.58. The molecule has 0 heterocycles. The number of hydrogen-bond acceptors (Lipinski definition) is 3. The van der Waals surface area contributed by atoms with Gasteiger partial charge in [-0.1, -0.05) is 42.5 Å². The van der Waals surface area contributed by atoms with Gasteiger partial charge in [0.25, 0.3) is 0 Å². The number of rotatable bonds is 5. The van der Waals surface area contributed by atoms with Crippen LogP contribution in [0.15, 0.2) is 54.1 Å². The van der Waals surface area contributed by atoms with Crippen LogP contribution in [0.5, 0.6) is 0 Å². The Morgan fingerprint density at radius 2 is 1.78 bits per heavy atom. The maximum Gasteiger partial charge on any atom is 0.410 e. The van der Waals surface area contributed by atoms with Crippen molar-refractivity contribution in [3.05, 3.63) is 59.7 Å². The molecule has 0 aliphatic heterocycles. The number of amides is 1. The number of nitrogens with zero attached hydrogens (tertiary/aromatic N) is 1. The van der Waals surface area contributed by atoms with E-state index in [4.69, 9.17) is 9.84 Å². The predicted molar refractivity (Wildman–Crippen MR) is 107 cm³/mol. The summed E-state index contributed by atoms with van der Waals surface area (Å²) >= 11 is 0. The fraction of sp³-hybridized carbons (Fsp3) is 0.364. The summed E-state index contributed by atoms with van der Waals surface area (Å²) in [6.45, 7) is 7.00. The topological polar surface area (TPSA) is 66.8 Å². The zero-order valence-electron chi connectivity index (χ0n) is 16.5. The van der Waals surface area contributed by atoms with Crippen molar-refractivity contribution in [2.45, 2.75) is 45.8 Å².